The zero-order valence-corrected chi connectivity index (χ0v) is 33.3. The van der Waals surface area contributed by atoms with Gasteiger partial charge in [-0.2, -0.15) is 0 Å². The van der Waals surface area contributed by atoms with Crippen LogP contribution in [-0.4, -0.2) is 0 Å². The lowest BCUT2D eigenvalue weighted by Gasteiger charge is -2.26. The average molecular weight is 798 g/mol. The molecule has 62 heavy (non-hydrogen) atoms. The molecule has 0 spiro atoms. The van der Waals surface area contributed by atoms with E-state index in [1.54, 1.807) is 18.2 Å². The molecule has 2 nitrogen and oxygen atoms in total. The molecule has 2 heteroatoms. The van der Waals surface area contributed by atoms with Crippen LogP contribution in [0, 0.1) is 0 Å². The molecule has 290 valence electrons. The summed E-state index contributed by atoms with van der Waals surface area (Å²) in [5, 5.41) is 8.04. The smallest absolute Gasteiger partial charge is 0.136 e. The first kappa shape index (κ1) is 28.3. The van der Waals surface area contributed by atoms with Crippen LogP contribution in [0.4, 0.5) is 17.1 Å². The lowest BCUT2D eigenvalue weighted by atomic mass is 9.93. The first-order valence-electron chi connectivity index (χ1n) is 24.6. The van der Waals surface area contributed by atoms with Crippen molar-refractivity contribution in [1.82, 2.24) is 0 Å². The summed E-state index contributed by atoms with van der Waals surface area (Å²) in [5.74, 6) is 0. The molecule has 1 heterocycles. The molecular formula is C60H39NO. The highest BCUT2D eigenvalue weighted by Gasteiger charge is 2.17. The van der Waals surface area contributed by atoms with E-state index >= 15 is 0 Å². The van der Waals surface area contributed by atoms with E-state index in [2.05, 4.69) is 36.4 Å². The van der Waals surface area contributed by atoms with Gasteiger partial charge >= 0.3 is 0 Å². The Balaban J connectivity index is 1.02. The van der Waals surface area contributed by atoms with Crippen LogP contribution >= 0.6 is 0 Å². The molecule has 0 unspecified atom stereocenters. The molecule has 0 atom stereocenters. The number of rotatable bonds is 7. The van der Waals surface area contributed by atoms with Gasteiger partial charge in [0.15, 0.2) is 0 Å². The van der Waals surface area contributed by atoms with Crippen molar-refractivity contribution in [3.63, 3.8) is 0 Å². The molecule has 0 fully saturated rings. The van der Waals surface area contributed by atoms with Gasteiger partial charge in [-0.1, -0.05) is 188 Å². The third-order valence-corrected chi connectivity index (χ3v) is 11.8. The Hall–Kier alpha value is -8.20. The molecule has 0 N–H and O–H groups in total. The molecule has 12 rings (SSSR count). The minimum absolute atomic E-state index is 0.0933. The van der Waals surface area contributed by atoms with Crippen molar-refractivity contribution in [2.75, 3.05) is 4.90 Å². The van der Waals surface area contributed by atoms with Gasteiger partial charge in [0.05, 0.1) is 11.0 Å². The van der Waals surface area contributed by atoms with Crippen molar-refractivity contribution in [3.8, 4) is 44.5 Å². The SMILES string of the molecule is [2H]c1c([2H])c(N(c2ccc(-c3cccc4oc5ccccc5c34)cc2)c2c([2H])c([2H])c(-c3cccc4ccccc34)c([2H])c2[2H])c([2H])c([2H])c1-c1ccc(-c2cccc3c2ccc2ccccc23)cc1. The van der Waals surface area contributed by atoms with E-state index in [0.29, 0.717) is 16.8 Å². The third kappa shape index (κ3) is 6.12. The van der Waals surface area contributed by atoms with Crippen LogP contribution in [0.15, 0.2) is 241 Å². The van der Waals surface area contributed by atoms with E-state index < -0.39 is 24.2 Å². The van der Waals surface area contributed by atoms with Crippen LogP contribution in [0.2, 0.25) is 0 Å². The summed E-state index contributed by atoms with van der Waals surface area (Å²) in [6, 6.07) is 57.4. The van der Waals surface area contributed by atoms with E-state index in [-0.39, 0.29) is 46.7 Å². The van der Waals surface area contributed by atoms with Crippen LogP contribution in [0.5, 0.6) is 0 Å². The predicted octanol–water partition coefficient (Wildman–Crippen LogP) is 17.2. The van der Waals surface area contributed by atoms with Crippen molar-refractivity contribution >= 4 is 71.3 Å². The van der Waals surface area contributed by atoms with Crippen molar-refractivity contribution in [2.45, 2.75) is 0 Å². The van der Waals surface area contributed by atoms with E-state index in [1.165, 1.54) is 4.90 Å². The standard InChI is InChI=1S/C60H39NO/c1-3-13-50-42(10-1)12-7-16-51(50)45-28-35-48(36-29-45)61(49-37-30-46(31-38-49)54-18-9-21-59-60(54)57-15-5-6-20-58(57)62-59)47-33-26-41(27-34-47)40-22-24-44(25-23-40)53-17-8-19-55-52-14-4-2-11-43(52)32-39-56(53)55/h1-39H/i26D,27D,28D,29D,33D,34D,35D,36D. The molecular weight excluding hydrogens is 751 g/mol. The molecule has 11 aromatic carbocycles. The van der Waals surface area contributed by atoms with Crippen molar-refractivity contribution < 1.29 is 15.4 Å². The van der Waals surface area contributed by atoms with Crippen LogP contribution in [0.3, 0.4) is 0 Å². The highest BCUT2D eigenvalue weighted by molar-refractivity contribution is 6.13. The van der Waals surface area contributed by atoms with Gasteiger partial charge < -0.3 is 9.32 Å². The van der Waals surface area contributed by atoms with Gasteiger partial charge in [-0.25, -0.2) is 0 Å². The monoisotopic (exact) mass is 797 g/mol. The maximum atomic E-state index is 9.67. The average Bonchev–Trinajstić information content (AvgIpc) is 3.79. The lowest BCUT2D eigenvalue weighted by Crippen LogP contribution is -2.09. The Morgan fingerprint density at radius 1 is 0.290 bits per heavy atom. The molecule has 0 amide bonds. The topological polar surface area (TPSA) is 16.4 Å². The minimum Gasteiger partial charge on any atom is -0.456 e. The number of hydrogen-bond acceptors (Lipinski definition) is 2. The fourth-order valence-corrected chi connectivity index (χ4v) is 8.84. The number of fused-ring (bicyclic) bond motifs is 7. The van der Waals surface area contributed by atoms with Gasteiger partial charge in [0.2, 0.25) is 0 Å². The number of anilines is 3. The first-order valence-corrected chi connectivity index (χ1v) is 20.6. The van der Waals surface area contributed by atoms with E-state index in [1.807, 2.05) is 133 Å². The lowest BCUT2D eigenvalue weighted by molar-refractivity contribution is 0.669. The number of benzene rings is 11. The Bertz CT molecular complexity index is 4050. The molecule has 0 saturated heterocycles. The number of para-hydroxylation sites is 1. The zero-order valence-electron chi connectivity index (χ0n) is 41.3. The van der Waals surface area contributed by atoms with Gasteiger partial charge in [-0.15, -0.1) is 0 Å². The summed E-state index contributed by atoms with van der Waals surface area (Å²) in [6.07, 6.45) is 0. The Labute approximate surface area is 371 Å². The molecule has 0 radical (unpaired) electrons. The van der Waals surface area contributed by atoms with Gasteiger partial charge in [0.1, 0.15) is 11.2 Å². The fourth-order valence-electron chi connectivity index (χ4n) is 8.84. The Morgan fingerprint density at radius 2 is 0.790 bits per heavy atom. The quantitative estimate of drug-likeness (QED) is 0.149. The molecule has 0 aliphatic heterocycles. The van der Waals surface area contributed by atoms with Gasteiger partial charge in [-0.3, -0.25) is 0 Å². The third-order valence-electron chi connectivity index (χ3n) is 11.8. The van der Waals surface area contributed by atoms with Crippen molar-refractivity contribution in [2.24, 2.45) is 0 Å². The molecule has 0 aliphatic rings. The summed E-state index contributed by atoms with van der Waals surface area (Å²) in [5.41, 5.74) is 6.26. The summed E-state index contributed by atoms with van der Waals surface area (Å²) >= 11 is 0. The van der Waals surface area contributed by atoms with Gasteiger partial charge in [0, 0.05) is 27.8 Å². The van der Waals surface area contributed by atoms with Gasteiger partial charge in [0.25, 0.3) is 0 Å². The zero-order chi connectivity index (χ0) is 47.9. The highest BCUT2D eigenvalue weighted by Crippen LogP contribution is 2.41. The maximum absolute atomic E-state index is 9.67. The van der Waals surface area contributed by atoms with Crippen LogP contribution < -0.4 is 4.90 Å². The second-order valence-electron chi connectivity index (χ2n) is 15.4. The number of nitrogens with zero attached hydrogens (tertiary/aromatic N) is 1. The maximum Gasteiger partial charge on any atom is 0.136 e. The second-order valence-corrected chi connectivity index (χ2v) is 15.4. The summed E-state index contributed by atoms with van der Waals surface area (Å²) in [4.78, 5) is 1.35. The highest BCUT2D eigenvalue weighted by atomic mass is 16.3. The fraction of sp³-hybridized carbons (Fsp3) is 0. The number of hydrogen-bond donors (Lipinski definition) is 0. The second kappa shape index (κ2) is 14.8. The van der Waals surface area contributed by atoms with E-state index in [4.69, 9.17) is 4.42 Å². The summed E-state index contributed by atoms with van der Waals surface area (Å²) in [6.45, 7) is 0. The van der Waals surface area contributed by atoms with Crippen molar-refractivity contribution in [1.29, 1.82) is 0 Å². The predicted molar refractivity (Wildman–Crippen MR) is 263 cm³/mol. The van der Waals surface area contributed by atoms with Crippen LogP contribution in [0.1, 0.15) is 11.0 Å². The Morgan fingerprint density at radius 3 is 1.55 bits per heavy atom. The molecule has 1 aromatic heterocycles. The van der Waals surface area contributed by atoms with E-state index in [9.17, 15) is 11.0 Å². The summed E-state index contributed by atoms with van der Waals surface area (Å²) < 4.78 is 82.8. The molecule has 0 saturated carbocycles. The van der Waals surface area contributed by atoms with Gasteiger partial charge in [-0.05, 0) is 125 Å². The minimum atomic E-state index is -0.408. The molecule has 12 aromatic rings. The molecule has 0 bridgehead atoms. The molecule has 0 aliphatic carbocycles. The first-order chi connectivity index (χ1) is 34.1. The Kier molecular flexibility index (Phi) is 6.76. The summed E-state index contributed by atoms with van der Waals surface area (Å²) in [7, 11) is 0. The number of furan rings is 1. The van der Waals surface area contributed by atoms with Crippen LogP contribution in [-0.2, 0) is 0 Å². The normalized spacial score (nSPS) is 13.4. The largest absolute Gasteiger partial charge is 0.456 e. The van der Waals surface area contributed by atoms with Crippen molar-refractivity contribution in [3.05, 3.63) is 236 Å². The van der Waals surface area contributed by atoms with E-state index in [0.717, 1.165) is 76.5 Å². The van der Waals surface area contributed by atoms with Crippen LogP contribution in [0.25, 0.3) is 98.8 Å².